The predicted octanol–water partition coefficient (Wildman–Crippen LogP) is 4.82. The Hall–Kier alpha value is -2.93. The Morgan fingerprint density at radius 2 is 1.95 bits per heavy atom. The molecule has 3 amide bonds. The second-order valence-electron chi connectivity index (χ2n) is 11.0. The van der Waals surface area contributed by atoms with E-state index < -0.39 is 24.1 Å². The third-order valence-electron chi connectivity index (χ3n) is 8.48. The smallest absolute Gasteiger partial charge is 0.328 e. The van der Waals surface area contributed by atoms with Crippen molar-refractivity contribution >= 4 is 28.6 Å². The molecule has 0 bridgehead atoms. The Labute approximate surface area is 248 Å². The summed E-state index contributed by atoms with van der Waals surface area (Å²) >= 11 is 1.43. The van der Waals surface area contributed by atoms with Crippen molar-refractivity contribution in [1.29, 1.82) is 0 Å². The summed E-state index contributed by atoms with van der Waals surface area (Å²) in [4.78, 5) is 36.6. The van der Waals surface area contributed by atoms with Gasteiger partial charge in [-0.3, -0.25) is 9.69 Å². The molecular weight excluding hydrogens is 565 g/mol. The molecule has 12 heteroatoms. The van der Waals surface area contributed by atoms with E-state index in [-0.39, 0.29) is 43.3 Å². The number of halogens is 1. The van der Waals surface area contributed by atoms with Gasteiger partial charge in [-0.05, 0) is 44.2 Å². The van der Waals surface area contributed by atoms with E-state index in [1.807, 2.05) is 31.2 Å². The van der Waals surface area contributed by atoms with Gasteiger partial charge in [-0.1, -0.05) is 30.0 Å². The fourth-order valence-electron chi connectivity index (χ4n) is 6.22. The van der Waals surface area contributed by atoms with E-state index in [0.717, 1.165) is 28.9 Å². The normalized spacial score (nSPS) is 27.3. The Balaban J connectivity index is 1.33. The van der Waals surface area contributed by atoms with Gasteiger partial charge in [-0.25, -0.2) is 14.2 Å². The molecule has 0 radical (unpaired) electrons. The van der Waals surface area contributed by atoms with Crippen molar-refractivity contribution in [3.8, 4) is 5.75 Å². The monoisotopic (exact) mass is 601 g/mol. The number of hydrogen-bond donors (Lipinski definition) is 0. The highest BCUT2D eigenvalue weighted by molar-refractivity contribution is 8.09. The van der Waals surface area contributed by atoms with E-state index in [2.05, 4.69) is 4.98 Å². The van der Waals surface area contributed by atoms with Crippen molar-refractivity contribution in [1.82, 2.24) is 14.8 Å². The number of urea groups is 1. The van der Waals surface area contributed by atoms with Crippen LogP contribution in [0.25, 0.3) is 4.91 Å². The summed E-state index contributed by atoms with van der Waals surface area (Å²) in [6, 6.07) is 6.99. The van der Waals surface area contributed by atoms with E-state index in [1.165, 1.54) is 22.9 Å². The molecular formula is C30H36FN3O7S. The molecule has 1 saturated carbocycles. The zero-order chi connectivity index (χ0) is 29.2. The summed E-state index contributed by atoms with van der Waals surface area (Å²) in [6.45, 7) is 2.80. The van der Waals surface area contributed by atoms with Crippen LogP contribution in [-0.2, 0) is 19.0 Å². The van der Waals surface area contributed by atoms with Gasteiger partial charge in [0.2, 0.25) is 11.8 Å². The molecule has 1 aliphatic carbocycles. The fourth-order valence-corrected chi connectivity index (χ4v) is 7.73. The second kappa shape index (κ2) is 12.7. The summed E-state index contributed by atoms with van der Waals surface area (Å²) in [7, 11) is 1.62. The number of ether oxygens (including phenoxy) is 4. The molecule has 3 unspecified atom stereocenters. The van der Waals surface area contributed by atoms with Crippen LogP contribution in [0.15, 0.2) is 46.7 Å². The number of nitrogens with zero attached hydrogens (tertiary/aromatic N) is 3. The molecule has 1 aromatic carbocycles. The molecule has 4 aliphatic rings. The Bertz CT molecular complexity index is 1300. The molecule has 2 aromatic rings. The van der Waals surface area contributed by atoms with Gasteiger partial charge < -0.3 is 28.3 Å². The van der Waals surface area contributed by atoms with Gasteiger partial charge in [0.15, 0.2) is 0 Å². The quantitative estimate of drug-likeness (QED) is 0.359. The molecule has 10 nitrogen and oxygen atoms in total. The molecule has 2 saturated heterocycles. The number of para-hydroxylation sites is 1. The van der Waals surface area contributed by atoms with E-state index in [9.17, 15) is 14.0 Å². The van der Waals surface area contributed by atoms with Crippen LogP contribution in [0.1, 0.15) is 50.2 Å². The highest BCUT2D eigenvalue weighted by atomic mass is 32.2. The minimum atomic E-state index is -0.568. The number of carbonyl (C=O) groups excluding carboxylic acids is 2. The van der Waals surface area contributed by atoms with E-state index in [1.54, 1.807) is 18.2 Å². The fraction of sp³-hybridized carbons (Fsp3) is 0.567. The van der Waals surface area contributed by atoms with E-state index in [4.69, 9.17) is 23.4 Å². The van der Waals surface area contributed by atoms with Crippen LogP contribution in [0.2, 0.25) is 0 Å². The van der Waals surface area contributed by atoms with Crippen molar-refractivity contribution in [2.24, 2.45) is 5.92 Å². The maximum Gasteiger partial charge on any atom is 0.328 e. The number of rotatable bonds is 11. The molecule has 3 aliphatic heterocycles. The number of imide groups is 1. The summed E-state index contributed by atoms with van der Waals surface area (Å²) in [5, 5.41) is -0.489. The Kier molecular flexibility index (Phi) is 8.85. The SMILES string of the molecule is COc1ccccc1C(CN1C(=O)N(C2CC(OCCF)C2)C(=O)C2C(C)=C(c3ncco3)SC21)OC1CCOCC1. The van der Waals surface area contributed by atoms with Gasteiger partial charge in [0.25, 0.3) is 0 Å². The number of benzene rings is 1. The standard InChI is InChI=1S/C30H36FN3O7S/c1-18-25-28(35)34(19-15-21(16-19)39-13-9-31)30(36)33(29(25)42-26(18)27-32-10-14-40-27)17-24(41-20-7-11-38-12-8-20)22-5-3-4-6-23(22)37-2/h3-6,10,14,19-21,24-25,29H,7-9,11-13,15-17H2,1-2H3. The van der Waals surface area contributed by atoms with Crippen molar-refractivity contribution in [2.45, 2.75) is 62.3 Å². The van der Waals surface area contributed by atoms with Crippen LogP contribution in [0.4, 0.5) is 9.18 Å². The van der Waals surface area contributed by atoms with E-state index in [0.29, 0.717) is 37.7 Å². The van der Waals surface area contributed by atoms with Crippen LogP contribution in [-0.4, -0.2) is 90.5 Å². The lowest BCUT2D eigenvalue weighted by Crippen LogP contribution is -2.65. The third-order valence-corrected chi connectivity index (χ3v) is 9.98. The van der Waals surface area contributed by atoms with Gasteiger partial charge in [0.05, 0.1) is 54.9 Å². The molecule has 6 rings (SSSR count). The summed E-state index contributed by atoms with van der Waals surface area (Å²) < 4.78 is 41.8. The number of fused-ring (bicyclic) bond motifs is 1. The van der Waals surface area contributed by atoms with Crippen molar-refractivity contribution in [3.63, 3.8) is 0 Å². The van der Waals surface area contributed by atoms with Crippen LogP contribution >= 0.6 is 11.8 Å². The number of carbonyl (C=O) groups is 2. The van der Waals surface area contributed by atoms with Crippen LogP contribution < -0.4 is 4.74 Å². The lowest BCUT2D eigenvalue weighted by Gasteiger charge is -2.49. The molecule has 1 aromatic heterocycles. The summed E-state index contributed by atoms with van der Waals surface area (Å²) in [5.74, 6) is 0.300. The largest absolute Gasteiger partial charge is 0.496 e. The van der Waals surface area contributed by atoms with Crippen molar-refractivity contribution in [2.75, 3.05) is 40.1 Å². The lowest BCUT2D eigenvalue weighted by molar-refractivity contribution is -0.144. The molecule has 42 heavy (non-hydrogen) atoms. The summed E-state index contributed by atoms with van der Waals surface area (Å²) in [6.07, 6.45) is 4.83. The molecule has 4 heterocycles. The molecule has 0 spiro atoms. The zero-order valence-electron chi connectivity index (χ0n) is 23.8. The van der Waals surface area contributed by atoms with Gasteiger partial charge in [0.1, 0.15) is 24.8 Å². The first kappa shape index (κ1) is 29.2. The van der Waals surface area contributed by atoms with E-state index >= 15 is 0 Å². The lowest BCUT2D eigenvalue weighted by atomic mass is 9.85. The van der Waals surface area contributed by atoms with Gasteiger partial charge in [-0.2, -0.15) is 0 Å². The Morgan fingerprint density at radius 1 is 1.17 bits per heavy atom. The minimum Gasteiger partial charge on any atom is -0.496 e. The number of methoxy groups -OCH3 is 1. The number of alkyl halides is 1. The van der Waals surface area contributed by atoms with Crippen molar-refractivity contribution in [3.05, 3.63) is 53.8 Å². The zero-order valence-corrected chi connectivity index (χ0v) is 24.6. The first-order chi connectivity index (χ1) is 20.5. The minimum absolute atomic E-state index is 0.0121. The van der Waals surface area contributed by atoms with Crippen LogP contribution in [0, 0.1) is 5.92 Å². The predicted molar refractivity (Wildman–Crippen MR) is 152 cm³/mol. The Morgan fingerprint density at radius 3 is 2.67 bits per heavy atom. The molecule has 0 N–H and O–H groups in total. The number of hydrogen-bond acceptors (Lipinski definition) is 9. The van der Waals surface area contributed by atoms with Gasteiger partial charge in [-0.15, -0.1) is 0 Å². The van der Waals surface area contributed by atoms with Gasteiger partial charge >= 0.3 is 6.03 Å². The highest BCUT2D eigenvalue weighted by Gasteiger charge is 2.56. The number of amides is 3. The summed E-state index contributed by atoms with van der Waals surface area (Å²) in [5.41, 5.74) is 1.66. The topological polar surface area (TPSA) is 104 Å². The average Bonchev–Trinajstić information content (AvgIpc) is 3.64. The maximum absolute atomic E-state index is 14.3. The third kappa shape index (κ3) is 5.57. The highest BCUT2D eigenvalue weighted by Crippen LogP contribution is 2.52. The molecule has 3 atom stereocenters. The maximum atomic E-state index is 14.3. The number of aromatic nitrogens is 1. The van der Waals surface area contributed by atoms with Crippen LogP contribution in [0.5, 0.6) is 5.75 Å². The first-order valence-electron chi connectivity index (χ1n) is 14.4. The first-order valence-corrected chi connectivity index (χ1v) is 15.3. The van der Waals surface area contributed by atoms with Gasteiger partial charge in [0, 0.05) is 24.8 Å². The molecule has 3 fully saturated rings. The second-order valence-corrected chi connectivity index (χ2v) is 12.1. The number of oxazole rings is 1. The average molecular weight is 602 g/mol. The van der Waals surface area contributed by atoms with Crippen molar-refractivity contribution < 1.29 is 37.3 Å². The van der Waals surface area contributed by atoms with Crippen LogP contribution in [0.3, 0.4) is 0 Å². The number of thioether (sulfide) groups is 1. The molecule has 226 valence electrons.